The van der Waals surface area contributed by atoms with Crippen molar-refractivity contribution in [3.8, 4) is 11.8 Å². The maximum absolute atomic E-state index is 11.7. The number of hydrogen-bond donors (Lipinski definition) is 2. The van der Waals surface area contributed by atoms with Gasteiger partial charge in [-0.05, 0) is 38.1 Å². The molecule has 0 saturated carbocycles. The van der Waals surface area contributed by atoms with Gasteiger partial charge in [-0.25, -0.2) is 0 Å². The molecule has 1 aromatic rings. The van der Waals surface area contributed by atoms with E-state index in [2.05, 4.69) is 5.32 Å². The summed E-state index contributed by atoms with van der Waals surface area (Å²) in [6.45, 7) is 3.05. The second kappa shape index (κ2) is 6.40. The number of nitrogens with one attached hydrogen (secondary N) is 1. The number of carbonyl (C=O) groups is 2. The van der Waals surface area contributed by atoms with E-state index in [9.17, 15) is 9.59 Å². The number of hydrogen-bond acceptors (Lipinski definition) is 4. The molecule has 100 valence electrons. The van der Waals surface area contributed by atoms with Crippen molar-refractivity contribution in [3.05, 3.63) is 29.8 Å². The fourth-order valence-corrected chi connectivity index (χ4v) is 1.27. The Labute approximate surface area is 111 Å². The van der Waals surface area contributed by atoms with E-state index in [0.29, 0.717) is 11.3 Å². The highest BCUT2D eigenvalue weighted by Gasteiger charge is 2.19. The van der Waals surface area contributed by atoms with Gasteiger partial charge in [-0.3, -0.25) is 9.59 Å². The summed E-state index contributed by atoms with van der Waals surface area (Å²) < 4.78 is 5.38. The van der Waals surface area contributed by atoms with E-state index < -0.39 is 24.0 Å². The molecule has 0 fully saturated rings. The first-order chi connectivity index (χ1) is 8.93. The number of nitrogens with two attached hydrogens (primary N) is 1. The average Bonchev–Trinajstić information content (AvgIpc) is 2.39. The zero-order chi connectivity index (χ0) is 14.4. The van der Waals surface area contributed by atoms with Crippen LogP contribution in [0.4, 0.5) is 0 Å². The van der Waals surface area contributed by atoms with E-state index in [1.165, 1.54) is 6.92 Å². The van der Waals surface area contributed by atoms with E-state index in [-0.39, 0.29) is 0 Å². The average molecular weight is 261 g/mol. The number of nitriles is 1. The predicted molar refractivity (Wildman–Crippen MR) is 68.0 cm³/mol. The summed E-state index contributed by atoms with van der Waals surface area (Å²) in [5, 5.41) is 11.1. The quantitative estimate of drug-likeness (QED) is 0.795. The van der Waals surface area contributed by atoms with Crippen LogP contribution in [0.3, 0.4) is 0 Å². The summed E-state index contributed by atoms with van der Waals surface area (Å²) in [7, 11) is 0. The third kappa shape index (κ3) is 4.32. The molecule has 0 aliphatic carbocycles. The summed E-state index contributed by atoms with van der Waals surface area (Å²) >= 11 is 0. The second-order valence-corrected chi connectivity index (χ2v) is 4.03. The topological polar surface area (TPSA) is 105 Å². The predicted octanol–water partition coefficient (Wildman–Crippen LogP) is 0.316. The smallest absolute Gasteiger partial charge is 0.261 e. The standard InChI is InChI=1S/C13H15N3O3/c1-8(12(15)17)16-13(18)9(2)19-11-5-3-10(7-14)4-6-11/h3-6,8-9H,1-2H3,(H2,15,17)(H,16,18). The number of primary amides is 1. The van der Waals surface area contributed by atoms with Crippen LogP contribution in [0, 0.1) is 11.3 Å². The minimum Gasteiger partial charge on any atom is -0.481 e. The van der Waals surface area contributed by atoms with Crippen molar-refractivity contribution in [2.45, 2.75) is 26.0 Å². The highest BCUT2D eigenvalue weighted by molar-refractivity contribution is 5.88. The molecule has 0 bridgehead atoms. The number of benzene rings is 1. The van der Waals surface area contributed by atoms with E-state index in [1.54, 1.807) is 31.2 Å². The molecule has 0 aliphatic rings. The van der Waals surface area contributed by atoms with E-state index in [1.807, 2.05) is 6.07 Å². The Morgan fingerprint density at radius 1 is 1.32 bits per heavy atom. The Morgan fingerprint density at radius 2 is 1.89 bits per heavy atom. The fraction of sp³-hybridized carbons (Fsp3) is 0.308. The van der Waals surface area contributed by atoms with Crippen LogP contribution in [0.2, 0.25) is 0 Å². The lowest BCUT2D eigenvalue weighted by Gasteiger charge is -2.16. The van der Waals surface area contributed by atoms with Crippen molar-refractivity contribution in [2.75, 3.05) is 0 Å². The Bertz CT molecular complexity index is 505. The van der Waals surface area contributed by atoms with Crippen LogP contribution in [0.5, 0.6) is 5.75 Å². The largest absolute Gasteiger partial charge is 0.481 e. The van der Waals surface area contributed by atoms with Crippen LogP contribution in [-0.2, 0) is 9.59 Å². The molecule has 2 amide bonds. The maximum Gasteiger partial charge on any atom is 0.261 e. The van der Waals surface area contributed by atoms with Crippen LogP contribution in [0.1, 0.15) is 19.4 Å². The zero-order valence-corrected chi connectivity index (χ0v) is 10.7. The zero-order valence-electron chi connectivity index (χ0n) is 10.7. The van der Waals surface area contributed by atoms with Crippen molar-refractivity contribution in [1.29, 1.82) is 5.26 Å². The van der Waals surface area contributed by atoms with Gasteiger partial charge in [0.25, 0.3) is 5.91 Å². The van der Waals surface area contributed by atoms with Gasteiger partial charge in [0, 0.05) is 0 Å². The maximum atomic E-state index is 11.7. The van der Waals surface area contributed by atoms with Gasteiger partial charge < -0.3 is 15.8 Å². The molecule has 1 aromatic carbocycles. The summed E-state index contributed by atoms with van der Waals surface area (Å²) in [6, 6.07) is 7.60. The van der Waals surface area contributed by atoms with E-state index in [0.717, 1.165) is 0 Å². The summed E-state index contributed by atoms with van der Waals surface area (Å²) in [5.41, 5.74) is 5.55. The van der Waals surface area contributed by atoms with Gasteiger partial charge in [0.05, 0.1) is 11.6 Å². The van der Waals surface area contributed by atoms with Gasteiger partial charge >= 0.3 is 0 Å². The van der Waals surface area contributed by atoms with Gasteiger partial charge in [0.1, 0.15) is 11.8 Å². The van der Waals surface area contributed by atoms with Gasteiger partial charge in [-0.1, -0.05) is 0 Å². The molecule has 0 heterocycles. The highest BCUT2D eigenvalue weighted by atomic mass is 16.5. The molecule has 1 rings (SSSR count). The van der Waals surface area contributed by atoms with Crippen LogP contribution in [0.15, 0.2) is 24.3 Å². The van der Waals surface area contributed by atoms with Crippen molar-refractivity contribution in [2.24, 2.45) is 5.73 Å². The van der Waals surface area contributed by atoms with E-state index >= 15 is 0 Å². The lowest BCUT2D eigenvalue weighted by atomic mass is 10.2. The minimum atomic E-state index is -0.769. The first-order valence-electron chi connectivity index (χ1n) is 5.70. The van der Waals surface area contributed by atoms with Gasteiger partial charge in [0.2, 0.25) is 5.91 Å². The lowest BCUT2D eigenvalue weighted by molar-refractivity contribution is -0.131. The Balaban J connectivity index is 2.58. The van der Waals surface area contributed by atoms with Crippen molar-refractivity contribution in [1.82, 2.24) is 5.32 Å². The van der Waals surface area contributed by atoms with Gasteiger partial charge in [-0.2, -0.15) is 5.26 Å². The van der Waals surface area contributed by atoms with Gasteiger partial charge in [-0.15, -0.1) is 0 Å². The Morgan fingerprint density at radius 3 is 2.37 bits per heavy atom. The summed E-state index contributed by atoms with van der Waals surface area (Å²) in [5.74, 6) is -0.581. The van der Waals surface area contributed by atoms with Crippen molar-refractivity contribution >= 4 is 11.8 Å². The molecular weight excluding hydrogens is 246 g/mol. The number of carbonyl (C=O) groups excluding carboxylic acids is 2. The van der Waals surface area contributed by atoms with Crippen LogP contribution < -0.4 is 15.8 Å². The fourth-order valence-electron chi connectivity index (χ4n) is 1.27. The Hall–Kier alpha value is -2.55. The van der Waals surface area contributed by atoms with E-state index in [4.69, 9.17) is 15.7 Å². The van der Waals surface area contributed by atoms with Crippen LogP contribution >= 0.6 is 0 Å². The molecule has 0 saturated heterocycles. The highest BCUT2D eigenvalue weighted by Crippen LogP contribution is 2.13. The van der Waals surface area contributed by atoms with Crippen molar-refractivity contribution < 1.29 is 14.3 Å². The summed E-state index contributed by atoms with van der Waals surface area (Å²) in [4.78, 5) is 22.5. The molecular formula is C13H15N3O3. The van der Waals surface area contributed by atoms with Crippen LogP contribution in [-0.4, -0.2) is 24.0 Å². The first-order valence-corrected chi connectivity index (χ1v) is 5.70. The minimum absolute atomic E-state index is 0.435. The molecule has 6 nitrogen and oxygen atoms in total. The first kappa shape index (κ1) is 14.5. The SMILES string of the molecule is CC(NC(=O)C(C)Oc1ccc(C#N)cc1)C(N)=O. The number of nitrogens with zero attached hydrogens (tertiary/aromatic N) is 1. The molecule has 0 radical (unpaired) electrons. The Kier molecular flexibility index (Phi) is 4.89. The number of ether oxygens (including phenoxy) is 1. The molecule has 2 unspecified atom stereocenters. The van der Waals surface area contributed by atoms with Crippen molar-refractivity contribution in [3.63, 3.8) is 0 Å². The molecule has 19 heavy (non-hydrogen) atoms. The third-order valence-corrected chi connectivity index (χ3v) is 2.45. The molecule has 0 aliphatic heterocycles. The lowest BCUT2D eigenvalue weighted by Crippen LogP contribution is -2.47. The third-order valence-electron chi connectivity index (χ3n) is 2.45. The van der Waals surface area contributed by atoms with Crippen LogP contribution in [0.25, 0.3) is 0 Å². The normalized spacial score (nSPS) is 12.9. The number of amides is 2. The monoisotopic (exact) mass is 261 g/mol. The molecule has 0 spiro atoms. The summed E-state index contributed by atoms with van der Waals surface area (Å²) in [6.07, 6.45) is -0.769. The molecule has 6 heteroatoms. The second-order valence-electron chi connectivity index (χ2n) is 4.03. The number of rotatable bonds is 5. The molecule has 0 aromatic heterocycles. The molecule has 3 N–H and O–H groups in total. The van der Waals surface area contributed by atoms with Gasteiger partial charge in [0.15, 0.2) is 6.10 Å². The molecule has 2 atom stereocenters.